The summed E-state index contributed by atoms with van der Waals surface area (Å²) < 4.78 is 32.8. The number of hydrogen-bond acceptors (Lipinski definition) is 4. The maximum absolute atomic E-state index is 14.5. The van der Waals surface area contributed by atoms with Crippen molar-refractivity contribution >= 4 is 29.3 Å². The lowest BCUT2D eigenvalue weighted by atomic mass is 10.0. The van der Waals surface area contributed by atoms with Gasteiger partial charge in [0, 0.05) is 23.2 Å². The van der Waals surface area contributed by atoms with Gasteiger partial charge in [-0.05, 0) is 55.2 Å². The number of fused-ring (bicyclic) bond motifs is 1. The largest absolute Gasteiger partial charge is 0.450 e. The molecule has 1 aliphatic carbocycles. The lowest BCUT2D eigenvalue weighted by molar-refractivity contribution is 0.102. The van der Waals surface area contributed by atoms with Crippen molar-refractivity contribution in [1.82, 2.24) is 5.32 Å². The number of alkyl carbamates (subject to hydrolysis) is 1. The number of hydrogen-bond donors (Lipinski definition) is 2. The molecule has 1 atom stereocenters. The first-order chi connectivity index (χ1) is 14.4. The Hall–Kier alpha value is -3.18. The van der Waals surface area contributed by atoms with Crippen molar-refractivity contribution < 1.29 is 23.1 Å². The summed E-state index contributed by atoms with van der Waals surface area (Å²) in [5.74, 6) is -1.63. The third-order valence-corrected chi connectivity index (χ3v) is 5.01. The quantitative estimate of drug-likeness (QED) is 0.634. The number of halogens is 3. The van der Waals surface area contributed by atoms with Crippen molar-refractivity contribution in [3.8, 4) is 6.07 Å². The molecular formula is C21H18ClF2N3O3. The molecule has 0 bridgehead atoms. The van der Waals surface area contributed by atoms with Crippen LogP contribution in [0.5, 0.6) is 0 Å². The van der Waals surface area contributed by atoms with Crippen LogP contribution in [0.4, 0.5) is 19.3 Å². The van der Waals surface area contributed by atoms with Crippen molar-refractivity contribution in [2.24, 2.45) is 0 Å². The number of unbranched alkanes of at least 4 members (excludes halogenated alkanes) is 1. The van der Waals surface area contributed by atoms with E-state index in [1.807, 2.05) is 6.07 Å². The van der Waals surface area contributed by atoms with E-state index in [-0.39, 0.29) is 29.2 Å². The molecule has 6 nitrogen and oxygen atoms in total. The van der Waals surface area contributed by atoms with Crippen LogP contribution in [0.3, 0.4) is 0 Å². The summed E-state index contributed by atoms with van der Waals surface area (Å²) in [5, 5.41) is 13.6. The molecule has 0 radical (unpaired) electrons. The minimum atomic E-state index is -0.707. The molecule has 2 aromatic carbocycles. The number of nitriles is 1. The molecule has 2 aromatic rings. The number of rotatable bonds is 6. The van der Waals surface area contributed by atoms with Crippen LogP contribution >= 0.6 is 11.6 Å². The van der Waals surface area contributed by atoms with E-state index in [0.717, 1.165) is 6.07 Å². The van der Waals surface area contributed by atoms with E-state index in [2.05, 4.69) is 10.6 Å². The average molecular weight is 434 g/mol. The molecule has 0 saturated carbocycles. The van der Waals surface area contributed by atoms with Gasteiger partial charge in [-0.15, -0.1) is 0 Å². The van der Waals surface area contributed by atoms with Crippen molar-refractivity contribution in [2.75, 3.05) is 11.9 Å². The molecule has 0 saturated heterocycles. The summed E-state index contributed by atoms with van der Waals surface area (Å²) >= 11 is 5.74. The Kier molecular flexibility index (Phi) is 6.85. The number of carbonyl (C=O) groups is 2. The second-order valence-corrected chi connectivity index (χ2v) is 7.11. The fraction of sp³-hybridized carbons (Fsp3) is 0.286. The van der Waals surface area contributed by atoms with Crippen molar-refractivity contribution in [2.45, 2.75) is 31.7 Å². The molecular weight excluding hydrogens is 416 g/mol. The van der Waals surface area contributed by atoms with Crippen molar-refractivity contribution in [3.05, 3.63) is 63.7 Å². The Morgan fingerprint density at radius 1 is 1.23 bits per heavy atom. The predicted molar refractivity (Wildman–Crippen MR) is 106 cm³/mol. The summed E-state index contributed by atoms with van der Waals surface area (Å²) in [6.45, 7) is 0.0874. The Morgan fingerprint density at radius 2 is 2.00 bits per heavy atom. The van der Waals surface area contributed by atoms with E-state index >= 15 is 0 Å². The van der Waals surface area contributed by atoms with Gasteiger partial charge in [-0.25, -0.2) is 13.6 Å². The van der Waals surface area contributed by atoms with E-state index in [1.54, 1.807) is 0 Å². The topological polar surface area (TPSA) is 91.2 Å². The van der Waals surface area contributed by atoms with Gasteiger partial charge in [0.05, 0.1) is 23.7 Å². The Morgan fingerprint density at radius 3 is 2.73 bits per heavy atom. The molecule has 0 fully saturated rings. The van der Waals surface area contributed by atoms with Crippen LogP contribution in [0.2, 0.25) is 5.02 Å². The van der Waals surface area contributed by atoms with E-state index in [1.165, 1.54) is 24.3 Å². The second-order valence-electron chi connectivity index (χ2n) is 6.70. The summed E-state index contributed by atoms with van der Waals surface area (Å²) in [7, 11) is 0. The number of nitrogens with zero attached hydrogens (tertiary/aromatic N) is 1. The first-order valence-corrected chi connectivity index (χ1v) is 9.66. The zero-order valence-electron chi connectivity index (χ0n) is 15.8. The lowest BCUT2D eigenvalue weighted by Gasteiger charge is -2.16. The highest BCUT2D eigenvalue weighted by Gasteiger charge is 2.31. The van der Waals surface area contributed by atoms with E-state index < -0.39 is 29.7 Å². The van der Waals surface area contributed by atoms with Gasteiger partial charge in [0.1, 0.15) is 11.6 Å². The Bertz CT molecular complexity index is 1020. The molecule has 30 heavy (non-hydrogen) atoms. The Labute approximate surface area is 176 Å². The number of anilines is 1. The van der Waals surface area contributed by atoms with Gasteiger partial charge < -0.3 is 15.4 Å². The standard InChI is InChI=1S/C21H18ClF2N3O3/c22-15-11-12(3-6-16(15)23)26-20(28)14-4-7-17(24)19-13(14)5-8-18(19)27-21(29)30-10-2-1-9-25/h3-4,6-7,11,18H,1-2,5,8,10H2,(H,26,28)(H,27,29)/t18-/m0/s1. The maximum atomic E-state index is 14.5. The van der Waals surface area contributed by atoms with Crippen molar-refractivity contribution in [3.63, 3.8) is 0 Å². The van der Waals surface area contributed by atoms with E-state index in [9.17, 15) is 18.4 Å². The summed E-state index contributed by atoms with van der Waals surface area (Å²) in [6.07, 6.45) is 0.774. The minimum absolute atomic E-state index is 0.0874. The Balaban J connectivity index is 1.73. The number of carbonyl (C=O) groups excluding carboxylic acids is 2. The highest BCUT2D eigenvalue weighted by Crippen LogP contribution is 2.36. The molecule has 9 heteroatoms. The van der Waals surface area contributed by atoms with Crippen LogP contribution in [0, 0.1) is 23.0 Å². The monoisotopic (exact) mass is 433 g/mol. The number of ether oxygens (including phenoxy) is 1. The number of nitrogens with one attached hydrogen (secondary N) is 2. The molecule has 0 unspecified atom stereocenters. The van der Waals surface area contributed by atoms with Crippen molar-refractivity contribution in [1.29, 1.82) is 5.26 Å². The first kappa shape index (κ1) is 21.5. The summed E-state index contributed by atoms with van der Waals surface area (Å²) in [6, 6.07) is 7.65. The highest BCUT2D eigenvalue weighted by molar-refractivity contribution is 6.31. The summed E-state index contributed by atoms with van der Waals surface area (Å²) in [5.41, 5.74) is 1.31. The van der Waals surface area contributed by atoms with E-state index in [4.69, 9.17) is 21.6 Å². The van der Waals surface area contributed by atoms with Gasteiger partial charge in [-0.1, -0.05) is 11.6 Å². The molecule has 0 heterocycles. The molecule has 2 N–H and O–H groups in total. The third kappa shape index (κ3) is 4.86. The first-order valence-electron chi connectivity index (χ1n) is 9.28. The van der Waals surface area contributed by atoms with Gasteiger partial charge in [0.25, 0.3) is 5.91 Å². The van der Waals surface area contributed by atoms with Gasteiger partial charge in [-0.3, -0.25) is 4.79 Å². The van der Waals surface area contributed by atoms with E-state index in [0.29, 0.717) is 30.5 Å². The summed E-state index contributed by atoms with van der Waals surface area (Å²) in [4.78, 5) is 24.6. The smallest absolute Gasteiger partial charge is 0.407 e. The van der Waals surface area contributed by atoms with Gasteiger partial charge in [0.15, 0.2) is 0 Å². The van der Waals surface area contributed by atoms with Crippen LogP contribution < -0.4 is 10.6 Å². The van der Waals surface area contributed by atoms with Crippen LogP contribution in [0.1, 0.15) is 46.8 Å². The number of amides is 2. The molecule has 2 amide bonds. The fourth-order valence-electron chi connectivity index (χ4n) is 3.34. The fourth-order valence-corrected chi connectivity index (χ4v) is 3.53. The molecule has 1 aliphatic rings. The predicted octanol–water partition coefficient (Wildman–Crippen LogP) is 4.89. The third-order valence-electron chi connectivity index (χ3n) is 4.72. The molecule has 3 rings (SSSR count). The average Bonchev–Trinajstić information content (AvgIpc) is 3.13. The number of benzene rings is 2. The lowest BCUT2D eigenvalue weighted by Crippen LogP contribution is -2.28. The van der Waals surface area contributed by atoms with Gasteiger partial charge >= 0.3 is 6.09 Å². The van der Waals surface area contributed by atoms with Crippen LogP contribution in [0.25, 0.3) is 0 Å². The van der Waals surface area contributed by atoms with Crippen LogP contribution in [0.15, 0.2) is 30.3 Å². The highest BCUT2D eigenvalue weighted by atomic mass is 35.5. The zero-order chi connectivity index (χ0) is 21.7. The molecule has 0 aromatic heterocycles. The van der Waals surface area contributed by atoms with Gasteiger partial charge in [0.2, 0.25) is 0 Å². The van der Waals surface area contributed by atoms with Gasteiger partial charge in [-0.2, -0.15) is 5.26 Å². The maximum Gasteiger partial charge on any atom is 0.407 e. The van der Waals surface area contributed by atoms with Crippen LogP contribution in [-0.2, 0) is 11.2 Å². The SMILES string of the molecule is N#CCCCOC(=O)N[C@H]1CCc2c(C(=O)Nc3ccc(F)c(Cl)c3)ccc(F)c21. The normalized spacial score (nSPS) is 14.5. The minimum Gasteiger partial charge on any atom is -0.450 e. The molecule has 156 valence electrons. The zero-order valence-corrected chi connectivity index (χ0v) is 16.6. The second kappa shape index (κ2) is 9.55. The molecule has 0 aliphatic heterocycles. The molecule has 0 spiro atoms. The van der Waals surface area contributed by atoms with Crippen LogP contribution in [-0.4, -0.2) is 18.6 Å².